The van der Waals surface area contributed by atoms with Crippen LogP contribution in [0.25, 0.3) is 0 Å². The van der Waals surface area contributed by atoms with E-state index >= 15 is 0 Å². The number of nitrogens with one attached hydrogen (secondary N) is 1. The van der Waals surface area contributed by atoms with Crippen molar-refractivity contribution < 1.29 is 4.79 Å². The Balaban J connectivity index is 1.89. The van der Waals surface area contributed by atoms with Crippen molar-refractivity contribution in [3.8, 4) is 0 Å². The molecular formula is C12H17N3O. The van der Waals surface area contributed by atoms with Gasteiger partial charge >= 0.3 is 0 Å². The van der Waals surface area contributed by atoms with Crippen LogP contribution in [0.5, 0.6) is 0 Å². The van der Waals surface area contributed by atoms with E-state index in [2.05, 4.69) is 10.3 Å². The van der Waals surface area contributed by atoms with Crippen molar-refractivity contribution in [2.45, 2.75) is 25.8 Å². The number of nitrogens with two attached hydrogens (primary N) is 1. The van der Waals surface area contributed by atoms with Gasteiger partial charge in [0.05, 0.1) is 5.41 Å². The summed E-state index contributed by atoms with van der Waals surface area (Å²) in [5, 5.41) is 2.95. The lowest BCUT2D eigenvalue weighted by molar-refractivity contribution is -0.135. The number of hydrogen-bond acceptors (Lipinski definition) is 3. The molecule has 16 heavy (non-hydrogen) atoms. The summed E-state index contributed by atoms with van der Waals surface area (Å²) in [6.07, 6.45) is 6.41. The van der Waals surface area contributed by atoms with Crippen LogP contribution in [0.2, 0.25) is 0 Å². The van der Waals surface area contributed by atoms with E-state index in [4.69, 9.17) is 5.73 Å². The summed E-state index contributed by atoms with van der Waals surface area (Å²) >= 11 is 0. The van der Waals surface area contributed by atoms with Gasteiger partial charge in [-0.1, -0.05) is 6.42 Å². The number of aromatic nitrogens is 1. The Hall–Kier alpha value is -1.42. The van der Waals surface area contributed by atoms with Crippen molar-refractivity contribution in [2.24, 2.45) is 11.1 Å². The van der Waals surface area contributed by atoms with Crippen LogP contribution in [0.3, 0.4) is 0 Å². The van der Waals surface area contributed by atoms with Gasteiger partial charge in [-0.15, -0.1) is 0 Å². The second kappa shape index (κ2) is 4.61. The molecule has 1 amide bonds. The van der Waals surface area contributed by atoms with Gasteiger partial charge in [-0.2, -0.15) is 0 Å². The second-order valence-electron chi connectivity index (χ2n) is 4.38. The Morgan fingerprint density at radius 3 is 2.62 bits per heavy atom. The Morgan fingerprint density at radius 2 is 2.12 bits per heavy atom. The number of pyridine rings is 1. The molecule has 0 atom stereocenters. The third kappa shape index (κ3) is 2.07. The fourth-order valence-electron chi connectivity index (χ4n) is 2.00. The molecule has 0 aliphatic heterocycles. The SMILES string of the molecule is NCC1(C(=O)NCc2ccncc2)CCC1. The molecule has 1 fully saturated rings. The first-order chi connectivity index (χ1) is 7.77. The van der Waals surface area contributed by atoms with Crippen molar-refractivity contribution in [1.29, 1.82) is 0 Å². The monoisotopic (exact) mass is 219 g/mol. The number of amides is 1. The molecule has 0 radical (unpaired) electrons. The Kier molecular flexibility index (Phi) is 3.19. The zero-order chi connectivity index (χ0) is 11.4. The van der Waals surface area contributed by atoms with Crippen molar-refractivity contribution in [1.82, 2.24) is 10.3 Å². The highest BCUT2D eigenvalue weighted by Gasteiger charge is 2.42. The average Bonchev–Trinajstić information content (AvgIpc) is 2.27. The van der Waals surface area contributed by atoms with Crippen molar-refractivity contribution in [2.75, 3.05) is 6.54 Å². The predicted octanol–water partition coefficient (Wildman–Crippen LogP) is 0.827. The van der Waals surface area contributed by atoms with E-state index in [-0.39, 0.29) is 11.3 Å². The standard InChI is InChI=1S/C12H17N3O/c13-9-12(4-1-5-12)11(16)15-8-10-2-6-14-7-3-10/h2-3,6-7H,1,4-5,8-9,13H2,(H,15,16). The molecule has 3 N–H and O–H groups in total. The highest BCUT2D eigenvalue weighted by molar-refractivity contribution is 5.83. The predicted molar refractivity (Wildman–Crippen MR) is 61.4 cm³/mol. The Morgan fingerprint density at radius 1 is 1.44 bits per heavy atom. The first-order valence-corrected chi connectivity index (χ1v) is 5.64. The summed E-state index contributed by atoms with van der Waals surface area (Å²) in [4.78, 5) is 15.9. The molecule has 2 rings (SSSR count). The van der Waals surface area contributed by atoms with Crippen LogP contribution in [-0.4, -0.2) is 17.4 Å². The minimum absolute atomic E-state index is 0.0954. The van der Waals surface area contributed by atoms with Crippen LogP contribution in [0, 0.1) is 5.41 Å². The van der Waals surface area contributed by atoms with Crippen molar-refractivity contribution >= 4 is 5.91 Å². The highest BCUT2D eigenvalue weighted by Crippen LogP contribution is 2.39. The van der Waals surface area contributed by atoms with Gasteiger partial charge < -0.3 is 11.1 Å². The summed E-state index contributed by atoms with van der Waals surface area (Å²) in [6, 6.07) is 3.80. The first kappa shape index (κ1) is 11.1. The van der Waals surface area contributed by atoms with Gasteiger partial charge in [-0.25, -0.2) is 0 Å². The van der Waals surface area contributed by atoms with E-state index in [1.54, 1.807) is 12.4 Å². The molecule has 1 aliphatic rings. The Bertz CT molecular complexity index is 354. The summed E-state index contributed by atoms with van der Waals surface area (Å²) in [7, 11) is 0. The molecule has 86 valence electrons. The second-order valence-corrected chi connectivity index (χ2v) is 4.38. The van der Waals surface area contributed by atoms with Crippen LogP contribution in [0.4, 0.5) is 0 Å². The lowest BCUT2D eigenvalue weighted by Gasteiger charge is -2.39. The largest absolute Gasteiger partial charge is 0.352 e. The van der Waals surface area contributed by atoms with Crippen LogP contribution in [-0.2, 0) is 11.3 Å². The number of hydrogen-bond donors (Lipinski definition) is 2. The molecule has 0 saturated heterocycles. The fraction of sp³-hybridized carbons (Fsp3) is 0.500. The number of carbonyl (C=O) groups is 1. The van der Waals surface area contributed by atoms with E-state index in [9.17, 15) is 4.79 Å². The molecule has 1 aliphatic carbocycles. The lowest BCUT2D eigenvalue weighted by Crippen LogP contribution is -2.50. The maximum Gasteiger partial charge on any atom is 0.227 e. The number of rotatable bonds is 4. The lowest BCUT2D eigenvalue weighted by atomic mass is 9.68. The normalized spacial score (nSPS) is 17.6. The van der Waals surface area contributed by atoms with Gasteiger partial charge in [0, 0.05) is 25.5 Å². The minimum Gasteiger partial charge on any atom is -0.352 e. The fourth-order valence-corrected chi connectivity index (χ4v) is 2.00. The molecule has 1 saturated carbocycles. The van der Waals surface area contributed by atoms with E-state index < -0.39 is 0 Å². The van der Waals surface area contributed by atoms with Gasteiger partial charge in [0.15, 0.2) is 0 Å². The first-order valence-electron chi connectivity index (χ1n) is 5.64. The molecular weight excluding hydrogens is 202 g/mol. The summed E-state index contributed by atoms with van der Waals surface area (Å²) in [6.45, 7) is 1.01. The molecule has 4 nitrogen and oxygen atoms in total. The summed E-state index contributed by atoms with van der Waals surface area (Å²) < 4.78 is 0. The smallest absolute Gasteiger partial charge is 0.227 e. The molecule has 0 spiro atoms. The third-order valence-electron chi connectivity index (χ3n) is 3.39. The van der Waals surface area contributed by atoms with Gasteiger partial charge in [0.25, 0.3) is 0 Å². The van der Waals surface area contributed by atoms with E-state index in [0.717, 1.165) is 24.8 Å². The van der Waals surface area contributed by atoms with Crippen LogP contribution >= 0.6 is 0 Å². The van der Waals surface area contributed by atoms with Crippen molar-refractivity contribution in [3.63, 3.8) is 0 Å². The quantitative estimate of drug-likeness (QED) is 0.788. The van der Waals surface area contributed by atoms with Crippen LogP contribution < -0.4 is 11.1 Å². The minimum atomic E-state index is -0.285. The molecule has 0 bridgehead atoms. The van der Waals surface area contributed by atoms with Crippen LogP contribution in [0.15, 0.2) is 24.5 Å². The molecule has 4 heteroatoms. The molecule has 0 unspecified atom stereocenters. The van der Waals surface area contributed by atoms with Gasteiger partial charge in [0.2, 0.25) is 5.91 Å². The van der Waals surface area contributed by atoms with E-state index in [0.29, 0.717) is 13.1 Å². The zero-order valence-electron chi connectivity index (χ0n) is 9.28. The maximum absolute atomic E-state index is 11.9. The van der Waals surface area contributed by atoms with Crippen LogP contribution in [0.1, 0.15) is 24.8 Å². The molecule has 0 aromatic carbocycles. The maximum atomic E-state index is 11.9. The zero-order valence-corrected chi connectivity index (χ0v) is 9.28. The van der Waals surface area contributed by atoms with Crippen molar-refractivity contribution in [3.05, 3.63) is 30.1 Å². The Labute approximate surface area is 95.3 Å². The highest BCUT2D eigenvalue weighted by atomic mass is 16.2. The van der Waals surface area contributed by atoms with Gasteiger partial charge in [-0.05, 0) is 30.5 Å². The summed E-state index contributed by atoms with van der Waals surface area (Å²) in [5.74, 6) is 0.0954. The number of carbonyl (C=O) groups excluding carboxylic acids is 1. The molecule has 1 heterocycles. The van der Waals surface area contributed by atoms with Gasteiger partial charge in [0.1, 0.15) is 0 Å². The van der Waals surface area contributed by atoms with E-state index in [1.807, 2.05) is 12.1 Å². The summed E-state index contributed by atoms with van der Waals surface area (Å²) in [5.41, 5.74) is 6.45. The number of nitrogens with zero attached hydrogens (tertiary/aromatic N) is 1. The van der Waals surface area contributed by atoms with E-state index in [1.165, 1.54) is 0 Å². The molecule has 1 aromatic heterocycles. The van der Waals surface area contributed by atoms with Gasteiger partial charge in [-0.3, -0.25) is 9.78 Å². The topological polar surface area (TPSA) is 68.0 Å². The molecule has 1 aromatic rings. The average molecular weight is 219 g/mol. The third-order valence-corrected chi connectivity index (χ3v) is 3.39.